The average molecular weight is 263 g/mol. The van der Waals surface area contributed by atoms with Gasteiger partial charge in [-0.2, -0.15) is 11.8 Å². The van der Waals surface area contributed by atoms with E-state index in [1.807, 2.05) is 24.9 Å². The fourth-order valence-corrected chi connectivity index (χ4v) is 2.91. The van der Waals surface area contributed by atoms with Crippen molar-refractivity contribution in [2.24, 2.45) is 7.05 Å². The third-order valence-electron chi connectivity index (χ3n) is 3.24. The minimum absolute atomic E-state index is 0.491. The molecule has 1 aromatic heterocycles. The maximum atomic E-state index is 4.72. The lowest BCUT2D eigenvalue weighted by atomic mass is 10.2. The van der Waals surface area contributed by atoms with E-state index < -0.39 is 0 Å². The van der Waals surface area contributed by atoms with Gasteiger partial charge in [0.15, 0.2) is 0 Å². The molecule has 1 unspecified atom stereocenters. The number of benzene rings is 1. The van der Waals surface area contributed by atoms with Crippen LogP contribution in [0, 0.1) is 0 Å². The van der Waals surface area contributed by atoms with E-state index in [1.54, 1.807) is 0 Å². The number of nitrogens with one attached hydrogen (secondary N) is 1. The smallest absolute Gasteiger partial charge is 0.111 e. The summed E-state index contributed by atoms with van der Waals surface area (Å²) in [5, 5.41) is 3.38. The van der Waals surface area contributed by atoms with Crippen molar-refractivity contribution in [3.8, 4) is 0 Å². The predicted octanol–water partition coefficient (Wildman–Crippen LogP) is 2.46. The number of fused-ring (bicyclic) bond motifs is 1. The Balaban J connectivity index is 2.17. The largest absolute Gasteiger partial charge is 0.331 e. The summed E-state index contributed by atoms with van der Waals surface area (Å²) in [5.41, 5.74) is 2.30. The summed E-state index contributed by atoms with van der Waals surface area (Å²) in [6, 6.07) is 8.80. The van der Waals surface area contributed by atoms with E-state index in [0.717, 1.165) is 23.5 Å². The Bertz CT molecular complexity index is 507. The molecule has 1 heterocycles. The minimum atomic E-state index is 0.491. The van der Waals surface area contributed by atoms with E-state index in [0.29, 0.717) is 6.04 Å². The lowest BCUT2D eigenvalue weighted by Gasteiger charge is -2.15. The Hall–Kier alpha value is -1.00. The van der Waals surface area contributed by atoms with Gasteiger partial charge in [-0.05, 0) is 24.9 Å². The van der Waals surface area contributed by atoms with Gasteiger partial charge >= 0.3 is 0 Å². The summed E-state index contributed by atoms with van der Waals surface area (Å²) in [5.74, 6) is 3.46. The van der Waals surface area contributed by atoms with Crippen LogP contribution in [0.1, 0.15) is 12.7 Å². The highest BCUT2D eigenvalue weighted by molar-refractivity contribution is 7.99. The number of likely N-dealkylation sites (N-methyl/N-ethyl adjacent to an activating group) is 1. The first-order valence-corrected chi connectivity index (χ1v) is 7.57. The Kier molecular flexibility index (Phi) is 4.66. The second kappa shape index (κ2) is 6.25. The van der Waals surface area contributed by atoms with Gasteiger partial charge < -0.3 is 9.88 Å². The summed E-state index contributed by atoms with van der Waals surface area (Å²) in [6.07, 6.45) is 0.981. The highest BCUT2D eigenvalue weighted by Crippen LogP contribution is 2.16. The standard InChI is InChI=1S/C14H21N3S/c1-4-18-10-11(15-2)9-14-16-12-7-5-6-8-13(12)17(14)3/h5-8,11,15H,4,9-10H2,1-3H3. The van der Waals surface area contributed by atoms with Crippen LogP contribution in [0.15, 0.2) is 24.3 Å². The number of aromatic nitrogens is 2. The van der Waals surface area contributed by atoms with E-state index >= 15 is 0 Å². The first-order valence-electron chi connectivity index (χ1n) is 6.41. The Morgan fingerprint density at radius 2 is 2.17 bits per heavy atom. The van der Waals surface area contributed by atoms with Crippen molar-refractivity contribution in [1.29, 1.82) is 0 Å². The van der Waals surface area contributed by atoms with Crippen molar-refractivity contribution in [1.82, 2.24) is 14.9 Å². The maximum absolute atomic E-state index is 4.72. The molecule has 2 aromatic rings. The van der Waals surface area contributed by atoms with Crippen molar-refractivity contribution in [2.75, 3.05) is 18.6 Å². The molecule has 0 fully saturated rings. The molecule has 2 rings (SSSR count). The Labute approximate surface area is 113 Å². The lowest BCUT2D eigenvalue weighted by Crippen LogP contribution is -2.31. The summed E-state index contributed by atoms with van der Waals surface area (Å²) >= 11 is 1.97. The van der Waals surface area contributed by atoms with Crippen LogP contribution in [-0.2, 0) is 13.5 Å². The number of imidazole rings is 1. The zero-order valence-corrected chi connectivity index (χ0v) is 12.1. The monoisotopic (exact) mass is 263 g/mol. The van der Waals surface area contributed by atoms with Crippen molar-refractivity contribution in [3.05, 3.63) is 30.1 Å². The van der Waals surface area contributed by atoms with Gasteiger partial charge in [0, 0.05) is 25.3 Å². The van der Waals surface area contributed by atoms with Crippen LogP contribution in [-0.4, -0.2) is 34.1 Å². The topological polar surface area (TPSA) is 29.9 Å². The zero-order valence-electron chi connectivity index (χ0n) is 11.3. The van der Waals surface area contributed by atoms with Gasteiger partial charge in [0.05, 0.1) is 11.0 Å². The van der Waals surface area contributed by atoms with Gasteiger partial charge in [-0.15, -0.1) is 0 Å². The van der Waals surface area contributed by atoms with E-state index in [1.165, 1.54) is 11.3 Å². The Morgan fingerprint density at radius 1 is 1.39 bits per heavy atom. The van der Waals surface area contributed by atoms with E-state index in [9.17, 15) is 0 Å². The molecule has 3 nitrogen and oxygen atoms in total. The summed E-state index contributed by atoms with van der Waals surface area (Å²) in [4.78, 5) is 4.72. The van der Waals surface area contributed by atoms with Gasteiger partial charge in [-0.1, -0.05) is 19.1 Å². The van der Waals surface area contributed by atoms with Crippen LogP contribution in [0.2, 0.25) is 0 Å². The SMILES string of the molecule is CCSCC(Cc1nc2ccccc2n1C)NC. The third kappa shape index (κ3) is 2.87. The molecule has 4 heteroatoms. The van der Waals surface area contributed by atoms with Gasteiger partial charge in [-0.25, -0.2) is 4.98 Å². The number of aryl methyl sites for hydroxylation is 1. The van der Waals surface area contributed by atoms with Gasteiger partial charge in [0.1, 0.15) is 5.82 Å². The molecule has 98 valence electrons. The van der Waals surface area contributed by atoms with Crippen LogP contribution in [0.3, 0.4) is 0 Å². The lowest BCUT2D eigenvalue weighted by molar-refractivity contribution is 0.588. The molecule has 0 saturated carbocycles. The highest BCUT2D eigenvalue weighted by atomic mass is 32.2. The normalized spacial score (nSPS) is 13.1. The highest BCUT2D eigenvalue weighted by Gasteiger charge is 2.12. The quantitative estimate of drug-likeness (QED) is 0.868. The van der Waals surface area contributed by atoms with Gasteiger partial charge in [-0.3, -0.25) is 0 Å². The summed E-state index contributed by atoms with van der Waals surface area (Å²) in [6.45, 7) is 2.20. The maximum Gasteiger partial charge on any atom is 0.111 e. The molecule has 1 N–H and O–H groups in total. The number of rotatable bonds is 6. The molecule has 1 aromatic carbocycles. The fourth-order valence-electron chi connectivity index (χ4n) is 2.10. The van der Waals surface area contributed by atoms with E-state index in [2.05, 4.69) is 42.1 Å². The van der Waals surface area contributed by atoms with Crippen LogP contribution in [0.5, 0.6) is 0 Å². The second-order valence-corrected chi connectivity index (χ2v) is 5.74. The minimum Gasteiger partial charge on any atom is -0.331 e. The van der Waals surface area contributed by atoms with Crippen molar-refractivity contribution >= 4 is 22.8 Å². The average Bonchev–Trinajstić information content (AvgIpc) is 2.72. The molecule has 0 amide bonds. The first-order chi connectivity index (χ1) is 8.76. The van der Waals surface area contributed by atoms with Crippen LogP contribution in [0.4, 0.5) is 0 Å². The van der Waals surface area contributed by atoms with Crippen molar-refractivity contribution in [2.45, 2.75) is 19.4 Å². The number of thioether (sulfide) groups is 1. The number of hydrogen-bond donors (Lipinski definition) is 1. The first kappa shape index (κ1) is 13.4. The van der Waals surface area contributed by atoms with Crippen molar-refractivity contribution < 1.29 is 0 Å². The molecule has 0 bridgehead atoms. The van der Waals surface area contributed by atoms with Gasteiger partial charge in [0.2, 0.25) is 0 Å². The zero-order chi connectivity index (χ0) is 13.0. The molecule has 0 spiro atoms. The van der Waals surface area contributed by atoms with E-state index in [-0.39, 0.29) is 0 Å². The number of nitrogens with zero attached hydrogens (tertiary/aromatic N) is 2. The molecule has 0 aliphatic heterocycles. The van der Waals surface area contributed by atoms with Gasteiger partial charge in [0.25, 0.3) is 0 Å². The van der Waals surface area contributed by atoms with E-state index in [4.69, 9.17) is 4.98 Å². The molecule has 0 aliphatic rings. The number of para-hydroxylation sites is 2. The summed E-state index contributed by atoms with van der Waals surface area (Å²) < 4.78 is 2.20. The van der Waals surface area contributed by atoms with Crippen LogP contribution < -0.4 is 5.32 Å². The predicted molar refractivity (Wildman–Crippen MR) is 80.3 cm³/mol. The molecule has 0 radical (unpaired) electrons. The molecular formula is C14H21N3S. The van der Waals surface area contributed by atoms with Crippen LogP contribution in [0.25, 0.3) is 11.0 Å². The summed E-state index contributed by atoms with van der Waals surface area (Å²) in [7, 11) is 4.13. The van der Waals surface area contributed by atoms with Crippen molar-refractivity contribution in [3.63, 3.8) is 0 Å². The molecule has 18 heavy (non-hydrogen) atoms. The number of hydrogen-bond acceptors (Lipinski definition) is 3. The molecule has 0 saturated heterocycles. The van der Waals surface area contributed by atoms with Crippen LogP contribution >= 0.6 is 11.8 Å². The third-order valence-corrected chi connectivity index (χ3v) is 4.29. The second-order valence-electron chi connectivity index (χ2n) is 4.42. The molecule has 1 atom stereocenters. The molecule has 0 aliphatic carbocycles. The Morgan fingerprint density at radius 3 is 2.83 bits per heavy atom. The fraction of sp³-hybridized carbons (Fsp3) is 0.500. The molecular weight excluding hydrogens is 242 g/mol.